The number of fused-ring (bicyclic) bond motifs is 1. The smallest absolute Gasteiger partial charge is 0.193 e. The third kappa shape index (κ3) is 5.90. The fraction of sp³-hybridized carbons (Fsp3) is 0.609. The second-order valence-corrected chi connectivity index (χ2v) is 8.28. The molecule has 0 spiro atoms. The molecule has 7 nitrogen and oxygen atoms in total. The Bertz CT molecular complexity index is 850. The Balaban J connectivity index is 0.00000272. The number of hydrogen-bond donors (Lipinski definition) is 1. The van der Waals surface area contributed by atoms with E-state index in [1.807, 2.05) is 7.05 Å². The van der Waals surface area contributed by atoms with Crippen LogP contribution in [-0.2, 0) is 19.4 Å². The summed E-state index contributed by atoms with van der Waals surface area (Å²) in [6.45, 7) is 4.02. The number of nitrogens with one attached hydrogen (secondary N) is 1. The van der Waals surface area contributed by atoms with E-state index in [1.165, 1.54) is 30.7 Å². The van der Waals surface area contributed by atoms with Crippen molar-refractivity contribution in [3.63, 3.8) is 0 Å². The van der Waals surface area contributed by atoms with E-state index in [2.05, 4.69) is 54.2 Å². The topological polar surface area (TPSA) is 67.6 Å². The van der Waals surface area contributed by atoms with Crippen LogP contribution in [0.25, 0.3) is 0 Å². The largest absolute Gasteiger partial charge is 0.497 e. The van der Waals surface area contributed by atoms with Crippen LogP contribution in [0.15, 0.2) is 29.3 Å². The van der Waals surface area contributed by atoms with Crippen LogP contribution < -0.4 is 10.1 Å². The third-order valence-corrected chi connectivity index (χ3v) is 6.33. The highest BCUT2D eigenvalue weighted by molar-refractivity contribution is 14.0. The molecule has 170 valence electrons. The molecule has 0 amide bonds. The molecule has 2 aromatic rings. The summed E-state index contributed by atoms with van der Waals surface area (Å²) in [7, 11) is 3.59. The van der Waals surface area contributed by atoms with Gasteiger partial charge in [0, 0.05) is 52.0 Å². The maximum atomic E-state index is 5.28. The number of guanidine groups is 1. The number of aromatic nitrogens is 3. The molecule has 8 heteroatoms. The van der Waals surface area contributed by atoms with Crippen LogP contribution in [0.4, 0.5) is 0 Å². The average molecular weight is 538 g/mol. The highest BCUT2D eigenvalue weighted by Gasteiger charge is 2.26. The van der Waals surface area contributed by atoms with E-state index in [1.54, 1.807) is 7.11 Å². The number of aryl methyl sites for hydroxylation is 2. The predicted octanol–water partition coefficient (Wildman–Crippen LogP) is 3.63. The molecule has 2 aliphatic rings. The van der Waals surface area contributed by atoms with E-state index in [4.69, 9.17) is 4.74 Å². The van der Waals surface area contributed by atoms with Crippen molar-refractivity contribution in [1.82, 2.24) is 25.0 Å². The Kier molecular flexibility index (Phi) is 8.98. The maximum Gasteiger partial charge on any atom is 0.193 e. The van der Waals surface area contributed by atoms with Gasteiger partial charge in [0.2, 0.25) is 0 Å². The minimum atomic E-state index is 0. The summed E-state index contributed by atoms with van der Waals surface area (Å²) in [4.78, 5) is 6.89. The monoisotopic (exact) mass is 538 g/mol. The SMILES string of the molecule is CN=C(NCCCc1nnc2n1CCCCC2)N1CCC(c2ccc(OC)cc2)C1.I. The summed E-state index contributed by atoms with van der Waals surface area (Å²) in [5.41, 5.74) is 1.38. The number of nitrogens with zero attached hydrogens (tertiary/aromatic N) is 5. The van der Waals surface area contributed by atoms with E-state index in [0.717, 1.165) is 69.4 Å². The minimum Gasteiger partial charge on any atom is -0.497 e. The molecule has 1 atom stereocenters. The molecule has 2 aliphatic heterocycles. The first-order valence-corrected chi connectivity index (χ1v) is 11.3. The van der Waals surface area contributed by atoms with Gasteiger partial charge in [0.15, 0.2) is 5.96 Å². The number of rotatable bonds is 6. The predicted molar refractivity (Wildman–Crippen MR) is 135 cm³/mol. The van der Waals surface area contributed by atoms with Crippen molar-refractivity contribution in [1.29, 1.82) is 0 Å². The summed E-state index contributed by atoms with van der Waals surface area (Å²) < 4.78 is 7.63. The molecule has 1 unspecified atom stereocenters. The molecule has 0 aliphatic carbocycles. The van der Waals surface area contributed by atoms with Gasteiger partial charge in [-0.15, -0.1) is 34.2 Å². The molecule has 0 saturated carbocycles. The number of benzene rings is 1. The molecule has 31 heavy (non-hydrogen) atoms. The number of aliphatic imine (C=N–C) groups is 1. The van der Waals surface area contributed by atoms with Crippen molar-refractivity contribution < 1.29 is 4.74 Å². The second kappa shape index (κ2) is 11.7. The standard InChI is InChI=1S/C23H34N6O.HI/c1-24-23(28-16-13-19(17-28)18-9-11-20(30-2)12-10-18)25-14-6-8-22-27-26-21-7-4-3-5-15-29(21)22;/h9-12,19H,3-8,13-17H2,1-2H3,(H,24,25);1H. The lowest BCUT2D eigenvalue weighted by Gasteiger charge is -2.22. The first kappa shape index (κ1) is 23.8. The molecular weight excluding hydrogens is 503 g/mol. The molecule has 1 saturated heterocycles. The third-order valence-electron chi connectivity index (χ3n) is 6.33. The van der Waals surface area contributed by atoms with Crippen molar-refractivity contribution in [2.45, 2.75) is 57.4 Å². The lowest BCUT2D eigenvalue weighted by atomic mass is 9.98. The number of likely N-dealkylation sites (tertiary alicyclic amines) is 1. The molecule has 1 fully saturated rings. The van der Waals surface area contributed by atoms with Gasteiger partial charge in [0.25, 0.3) is 0 Å². The first-order chi connectivity index (χ1) is 14.8. The lowest BCUT2D eigenvalue weighted by molar-refractivity contribution is 0.414. The van der Waals surface area contributed by atoms with Crippen molar-refractivity contribution >= 4 is 29.9 Å². The van der Waals surface area contributed by atoms with Gasteiger partial charge in [-0.2, -0.15) is 0 Å². The van der Waals surface area contributed by atoms with Gasteiger partial charge in [-0.25, -0.2) is 0 Å². The van der Waals surface area contributed by atoms with Crippen LogP contribution >= 0.6 is 24.0 Å². The normalized spacial score (nSPS) is 18.8. The van der Waals surface area contributed by atoms with Crippen LogP contribution in [-0.4, -0.2) is 59.4 Å². The van der Waals surface area contributed by atoms with Crippen LogP contribution in [0, 0.1) is 0 Å². The summed E-state index contributed by atoms with van der Waals surface area (Å²) in [6.07, 6.45) is 8.00. The molecule has 0 bridgehead atoms. The zero-order valence-corrected chi connectivity index (χ0v) is 21.0. The van der Waals surface area contributed by atoms with E-state index in [9.17, 15) is 0 Å². The minimum absolute atomic E-state index is 0. The summed E-state index contributed by atoms with van der Waals surface area (Å²) >= 11 is 0. The van der Waals surface area contributed by atoms with Gasteiger partial charge < -0.3 is 19.5 Å². The summed E-state index contributed by atoms with van der Waals surface area (Å²) in [6, 6.07) is 8.47. The molecule has 4 rings (SSSR count). The molecule has 1 aromatic carbocycles. The average Bonchev–Trinajstić information content (AvgIpc) is 3.35. The Morgan fingerprint density at radius 1 is 1.16 bits per heavy atom. The van der Waals surface area contributed by atoms with Crippen molar-refractivity contribution in [3.05, 3.63) is 41.5 Å². The van der Waals surface area contributed by atoms with E-state index in [-0.39, 0.29) is 24.0 Å². The highest BCUT2D eigenvalue weighted by atomic mass is 127. The number of methoxy groups -OCH3 is 1. The van der Waals surface area contributed by atoms with Gasteiger partial charge in [-0.1, -0.05) is 18.6 Å². The van der Waals surface area contributed by atoms with Crippen LogP contribution in [0.5, 0.6) is 5.75 Å². The summed E-state index contributed by atoms with van der Waals surface area (Å²) in [5, 5.41) is 12.4. The van der Waals surface area contributed by atoms with Crippen molar-refractivity contribution in [3.8, 4) is 5.75 Å². The molecule has 1 aromatic heterocycles. The number of ether oxygens (including phenoxy) is 1. The highest BCUT2D eigenvalue weighted by Crippen LogP contribution is 2.28. The Labute approximate surface area is 202 Å². The quantitative estimate of drug-likeness (QED) is 0.264. The van der Waals surface area contributed by atoms with Crippen molar-refractivity contribution in [2.75, 3.05) is 33.8 Å². The Hall–Kier alpha value is -1.84. The van der Waals surface area contributed by atoms with E-state index < -0.39 is 0 Å². The zero-order valence-electron chi connectivity index (χ0n) is 18.7. The van der Waals surface area contributed by atoms with Crippen LogP contribution in [0.2, 0.25) is 0 Å². The van der Waals surface area contributed by atoms with Gasteiger partial charge >= 0.3 is 0 Å². The van der Waals surface area contributed by atoms with Crippen LogP contribution in [0.3, 0.4) is 0 Å². The molecule has 1 N–H and O–H groups in total. The van der Waals surface area contributed by atoms with Gasteiger partial charge in [0.05, 0.1) is 7.11 Å². The van der Waals surface area contributed by atoms with Gasteiger partial charge in [-0.3, -0.25) is 4.99 Å². The van der Waals surface area contributed by atoms with Gasteiger partial charge in [-0.05, 0) is 43.4 Å². The Morgan fingerprint density at radius 2 is 2.00 bits per heavy atom. The molecule has 0 radical (unpaired) electrons. The fourth-order valence-corrected chi connectivity index (χ4v) is 4.61. The molecular formula is C23H35IN6O. The zero-order chi connectivity index (χ0) is 20.8. The van der Waals surface area contributed by atoms with Crippen molar-refractivity contribution in [2.24, 2.45) is 4.99 Å². The number of hydrogen-bond acceptors (Lipinski definition) is 4. The summed E-state index contributed by atoms with van der Waals surface area (Å²) in [5.74, 6) is 4.78. The number of halogens is 1. The maximum absolute atomic E-state index is 5.28. The van der Waals surface area contributed by atoms with Gasteiger partial charge in [0.1, 0.15) is 17.4 Å². The Morgan fingerprint density at radius 3 is 2.77 bits per heavy atom. The fourth-order valence-electron chi connectivity index (χ4n) is 4.61. The second-order valence-electron chi connectivity index (χ2n) is 8.28. The first-order valence-electron chi connectivity index (χ1n) is 11.3. The lowest BCUT2D eigenvalue weighted by Crippen LogP contribution is -2.40. The molecule has 3 heterocycles. The van der Waals surface area contributed by atoms with E-state index >= 15 is 0 Å². The van der Waals surface area contributed by atoms with Crippen LogP contribution in [0.1, 0.15) is 55.2 Å². The van der Waals surface area contributed by atoms with E-state index in [0.29, 0.717) is 5.92 Å².